The fourth-order valence-electron chi connectivity index (χ4n) is 5.19. The van der Waals surface area contributed by atoms with E-state index >= 15 is 0 Å². The Morgan fingerprint density at radius 3 is 1.43 bits per heavy atom. The summed E-state index contributed by atoms with van der Waals surface area (Å²) in [5.74, 6) is 0. The van der Waals surface area contributed by atoms with Crippen LogP contribution in [0.2, 0.25) is 0 Å². The van der Waals surface area contributed by atoms with E-state index in [1.165, 1.54) is 0 Å². The molecule has 0 saturated carbocycles. The second kappa shape index (κ2) is 9.93. The molecule has 9 aromatic carbocycles. The third-order valence-corrected chi connectivity index (χ3v) is 7.14. The summed E-state index contributed by atoms with van der Waals surface area (Å²) in [6.45, 7) is 0. The summed E-state index contributed by atoms with van der Waals surface area (Å²) in [5.41, 5.74) is -4.57. The lowest BCUT2D eigenvalue weighted by atomic mass is 9.85. The maximum atomic E-state index is 9.75. The van der Waals surface area contributed by atoms with Gasteiger partial charge in [0, 0.05) is 0 Å². The SMILES string of the molecule is [2H]c1cc2c(c([2H])c1[2H])c([2H])c([2H])c1c([2H])c([2H])c(-c3c4c([2H])c([2H])c([2H])c([2H])c4c(-c4c([2H])c([2H])c(-c5c([2H])c([2H])c6c([2H])c([2H])c([2H])c([2H])c6c5[2H])c([2H])c4[2H])c4c([2H])c([2H])c([2H])c([2H])c34)c([2H])c12. The van der Waals surface area contributed by atoms with Crippen molar-refractivity contribution < 1.29 is 37.0 Å². The molecule has 9 rings (SSSR count). The quantitative estimate of drug-likeness (QED) is 0.143. The zero-order valence-electron chi connectivity index (χ0n) is 49.1. The van der Waals surface area contributed by atoms with Crippen LogP contribution in [-0.2, 0) is 0 Å². The van der Waals surface area contributed by atoms with Crippen LogP contribution in [0.3, 0.4) is 0 Å². The van der Waals surface area contributed by atoms with E-state index in [2.05, 4.69) is 0 Å². The van der Waals surface area contributed by atoms with Crippen LogP contribution in [0.5, 0.6) is 0 Å². The van der Waals surface area contributed by atoms with Crippen molar-refractivity contribution in [3.63, 3.8) is 0 Å². The van der Waals surface area contributed by atoms with Gasteiger partial charge in [-0.3, -0.25) is 0 Å². The molecule has 0 aliphatic rings. The zero-order valence-corrected chi connectivity index (χ0v) is 22.1. The number of hydrogen-bond acceptors (Lipinski definition) is 0. The second-order valence-corrected chi connectivity index (χ2v) is 9.58. The van der Waals surface area contributed by atoms with E-state index in [4.69, 9.17) is 21.9 Å². The second-order valence-electron chi connectivity index (χ2n) is 9.58. The first-order valence-electron chi connectivity index (χ1n) is 26.6. The predicted octanol–water partition coefficient (Wildman–Crippen LogP) is 12.5. The predicted molar refractivity (Wildman–Crippen MR) is 190 cm³/mol. The van der Waals surface area contributed by atoms with Crippen LogP contribution in [0.4, 0.5) is 0 Å². The molecule has 0 heterocycles. The molecule has 0 saturated heterocycles. The highest BCUT2D eigenvalue weighted by Crippen LogP contribution is 2.44. The minimum atomic E-state index is -1.08. The van der Waals surface area contributed by atoms with Gasteiger partial charge in [-0.25, -0.2) is 0 Å². The Bertz CT molecular complexity index is 3960. The largest absolute Gasteiger partial charge is 0.0636 e. The Morgan fingerprint density at radius 1 is 0.273 bits per heavy atom. The average molecular weight is 584 g/mol. The Kier molecular flexibility index (Phi) is 2.24. The van der Waals surface area contributed by atoms with E-state index in [0.717, 1.165) is 6.07 Å². The van der Waals surface area contributed by atoms with Crippen LogP contribution in [0.25, 0.3) is 87.2 Å². The van der Waals surface area contributed by atoms with Crippen molar-refractivity contribution >= 4 is 53.9 Å². The molecule has 0 fully saturated rings. The summed E-state index contributed by atoms with van der Waals surface area (Å²) < 4.78 is 242. The number of fused-ring (bicyclic) bond motifs is 6. The first kappa shape index (κ1) is 9.91. The minimum absolute atomic E-state index is 0.263. The molecule has 0 radical (unpaired) electrons. The molecule has 0 amide bonds. The number of hydrogen-bond donors (Lipinski definition) is 0. The van der Waals surface area contributed by atoms with Crippen LogP contribution in [0.1, 0.15) is 37.0 Å². The van der Waals surface area contributed by atoms with Crippen LogP contribution < -0.4 is 0 Å². The smallest absolute Gasteiger partial charge is 0.0616 e. The van der Waals surface area contributed by atoms with Crippen LogP contribution in [-0.4, -0.2) is 0 Å². The molecule has 0 unspecified atom stereocenters. The zero-order chi connectivity index (χ0) is 52.5. The van der Waals surface area contributed by atoms with E-state index in [0.29, 0.717) is 0 Å². The van der Waals surface area contributed by atoms with Crippen molar-refractivity contribution in [2.75, 3.05) is 0 Å². The van der Waals surface area contributed by atoms with Crippen LogP contribution in [0, 0.1) is 0 Å². The molecule has 9 aromatic rings. The fourth-order valence-corrected chi connectivity index (χ4v) is 5.19. The highest BCUT2D eigenvalue weighted by Gasteiger charge is 2.17. The van der Waals surface area contributed by atoms with Gasteiger partial charge in [-0.1, -0.05) is 157 Å². The molecule has 0 spiro atoms. The van der Waals surface area contributed by atoms with E-state index in [-0.39, 0.29) is 10.8 Å². The molecule has 204 valence electrons. The van der Waals surface area contributed by atoms with Gasteiger partial charge in [0.05, 0.1) is 37.0 Å². The van der Waals surface area contributed by atoms with Gasteiger partial charge in [-0.15, -0.1) is 0 Å². The Hall–Kier alpha value is -5.72. The summed E-state index contributed by atoms with van der Waals surface area (Å²) in [6.07, 6.45) is 0. The lowest BCUT2D eigenvalue weighted by molar-refractivity contribution is 1.63. The summed E-state index contributed by atoms with van der Waals surface area (Å²) in [7, 11) is 0. The van der Waals surface area contributed by atoms with Crippen molar-refractivity contribution in [1.82, 2.24) is 0 Å². The van der Waals surface area contributed by atoms with Crippen LogP contribution in [0.15, 0.2) is 169 Å². The molecule has 0 N–H and O–H groups in total. The van der Waals surface area contributed by atoms with Gasteiger partial charge in [0.15, 0.2) is 0 Å². The van der Waals surface area contributed by atoms with Gasteiger partial charge < -0.3 is 0 Å². The molecule has 0 aliphatic heterocycles. The maximum absolute atomic E-state index is 9.75. The van der Waals surface area contributed by atoms with Crippen molar-refractivity contribution in [2.24, 2.45) is 0 Å². The molecule has 44 heavy (non-hydrogen) atoms. The van der Waals surface area contributed by atoms with Crippen molar-refractivity contribution in [3.05, 3.63) is 169 Å². The van der Waals surface area contributed by atoms with E-state index in [9.17, 15) is 15.1 Å². The molecular weight excluding hydrogens is 528 g/mol. The first-order chi connectivity index (χ1) is 33.1. The highest BCUT2D eigenvalue weighted by molar-refractivity contribution is 6.22. The van der Waals surface area contributed by atoms with Gasteiger partial charge in [-0.05, 0) is 99.3 Å². The Morgan fingerprint density at radius 2 is 0.727 bits per heavy atom. The van der Waals surface area contributed by atoms with Crippen LogP contribution >= 0.6 is 0 Å². The van der Waals surface area contributed by atoms with Crippen molar-refractivity contribution in [3.8, 4) is 33.4 Å². The summed E-state index contributed by atoms with van der Waals surface area (Å²) in [6, 6.07) is -22.8. The lowest BCUT2D eigenvalue weighted by Crippen LogP contribution is -1.91. The van der Waals surface area contributed by atoms with Gasteiger partial charge >= 0.3 is 0 Å². The van der Waals surface area contributed by atoms with E-state index in [1.807, 2.05) is 0 Å². The van der Waals surface area contributed by atoms with Gasteiger partial charge in [-0.2, -0.15) is 0 Å². The van der Waals surface area contributed by atoms with E-state index < -0.39 is 240 Å². The molecule has 0 aromatic heterocycles. The molecule has 0 bridgehead atoms. The summed E-state index contributed by atoms with van der Waals surface area (Å²) in [4.78, 5) is 0. The average Bonchev–Trinajstić information content (AvgIpc) is 3.33. The summed E-state index contributed by atoms with van der Waals surface area (Å²) in [5, 5.41) is -5.55. The van der Waals surface area contributed by atoms with Crippen molar-refractivity contribution in [2.45, 2.75) is 0 Å². The van der Waals surface area contributed by atoms with Gasteiger partial charge in [0.1, 0.15) is 0 Å². The molecule has 0 heteroatoms. The molecular formula is C44H28. The lowest BCUT2D eigenvalue weighted by Gasteiger charge is -2.18. The Balaban J connectivity index is 1.55. The topological polar surface area (TPSA) is 0 Å². The highest BCUT2D eigenvalue weighted by atomic mass is 14.2. The third-order valence-electron chi connectivity index (χ3n) is 7.14. The molecule has 0 nitrogen and oxygen atoms in total. The monoisotopic (exact) mass is 583 g/mol. The molecule has 0 aliphatic carbocycles. The number of benzene rings is 9. The molecule has 0 atom stereocenters. The number of rotatable bonds is 3. The summed E-state index contributed by atoms with van der Waals surface area (Å²) >= 11 is 0. The van der Waals surface area contributed by atoms with E-state index in [1.54, 1.807) is 0 Å². The third kappa shape index (κ3) is 3.92. The normalized spacial score (nSPS) is 20.2. The van der Waals surface area contributed by atoms with Gasteiger partial charge in [0.2, 0.25) is 0 Å². The standard InChI is InChI=1S/C44H28/c1-2-11-34-27-35(25-19-29(34)9-1)30-17-23-33(24-18-30)43-38-13-5-7-15-40(38)44(41-16-8-6-14-39(41)43)36-26-22-32-21-20-31-10-3-4-12-37(31)42(32)28-36/h1-28H/i1D,2D,3D,4D,5D,6D,7D,8D,9D,10D,11D,13D,14D,15D,16D,17D,18D,19D,20D,21D,22D,23D,24D,25D,26D,27D,28D. The van der Waals surface area contributed by atoms with Crippen molar-refractivity contribution in [1.29, 1.82) is 0 Å². The Labute approximate surface area is 294 Å². The minimum Gasteiger partial charge on any atom is -0.0616 e. The van der Waals surface area contributed by atoms with Gasteiger partial charge in [0.25, 0.3) is 0 Å². The maximum Gasteiger partial charge on any atom is 0.0636 e. The first-order valence-corrected chi connectivity index (χ1v) is 13.1. The fraction of sp³-hybridized carbons (Fsp3) is 0.